The molecule has 6 heteroatoms. The summed E-state index contributed by atoms with van der Waals surface area (Å²) in [4.78, 5) is 16.0. The average molecular weight is 351 g/mol. The van der Waals surface area contributed by atoms with Crippen molar-refractivity contribution < 1.29 is 9.53 Å². The fourth-order valence-electron chi connectivity index (χ4n) is 2.93. The maximum absolute atomic E-state index is 12.4. The van der Waals surface area contributed by atoms with Gasteiger partial charge in [0.05, 0.1) is 19.3 Å². The Kier molecular flexibility index (Phi) is 4.90. The number of amides is 1. The summed E-state index contributed by atoms with van der Waals surface area (Å²) >= 11 is 7.80. The fourth-order valence-corrected chi connectivity index (χ4v) is 4.06. The van der Waals surface area contributed by atoms with Crippen LogP contribution in [0.25, 0.3) is 0 Å². The lowest BCUT2D eigenvalue weighted by Crippen LogP contribution is -2.39. The van der Waals surface area contributed by atoms with Crippen molar-refractivity contribution in [3.63, 3.8) is 0 Å². The first kappa shape index (κ1) is 16.3. The number of hydrogen-bond donors (Lipinski definition) is 1. The molecule has 0 saturated heterocycles. The van der Waals surface area contributed by atoms with Crippen molar-refractivity contribution in [2.45, 2.75) is 19.4 Å². The molecule has 2 aromatic rings. The zero-order chi connectivity index (χ0) is 16.4. The molecule has 1 aromatic heterocycles. The summed E-state index contributed by atoms with van der Waals surface area (Å²) in [6.45, 7) is 3.40. The lowest BCUT2D eigenvalue weighted by molar-refractivity contribution is -0.117. The number of halogens is 1. The number of methoxy groups -OCH3 is 1. The fraction of sp³-hybridized carbons (Fsp3) is 0.353. The third-order valence-electron chi connectivity index (χ3n) is 4.19. The molecule has 0 unspecified atom stereocenters. The van der Waals surface area contributed by atoms with E-state index in [-0.39, 0.29) is 11.9 Å². The first-order valence-corrected chi connectivity index (χ1v) is 8.78. The Hall–Kier alpha value is -1.56. The summed E-state index contributed by atoms with van der Waals surface area (Å²) in [6, 6.07) is 7.61. The van der Waals surface area contributed by atoms with Crippen molar-refractivity contribution in [1.82, 2.24) is 4.90 Å². The molecule has 0 radical (unpaired) electrons. The lowest BCUT2D eigenvalue weighted by atomic mass is 10.0. The third-order valence-corrected chi connectivity index (χ3v) is 5.42. The molecule has 0 spiro atoms. The van der Waals surface area contributed by atoms with Crippen LogP contribution in [-0.4, -0.2) is 31.0 Å². The Labute approximate surface area is 145 Å². The van der Waals surface area contributed by atoms with E-state index >= 15 is 0 Å². The quantitative estimate of drug-likeness (QED) is 0.907. The number of carbonyl (C=O) groups excluding carboxylic acids is 1. The minimum Gasteiger partial charge on any atom is -0.495 e. The van der Waals surface area contributed by atoms with E-state index in [1.165, 1.54) is 10.4 Å². The molecule has 1 atom stereocenters. The number of nitrogens with one attached hydrogen (secondary N) is 1. The van der Waals surface area contributed by atoms with Crippen molar-refractivity contribution in [2.24, 2.45) is 0 Å². The van der Waals surface area contributed by atoms with Gasteiger partial charge in [0.2, 0.25) is 5.91 Å². The van der Waals surface area contributed by atoms with Gasteiger partial charge in [0.1, 0.15) is 5.75 Å². The van der Waals surface area contributed by atoms with Gasteiger partial charge in [-0.15, -0.1) is 11.3 Å². The molecule has 0 bridgehead atoms. The number of nitrogens with zero attached hydrogens (tertiary/aromatic N) is 1. The van der Waals surface area contributed by atoms with Gasteiger partial charge in [-0.2, -0.15) is 0 Å². The van der Waals surface area contributed by atoms with Crippen LogP contribution in [0.2, 0.25) is 5.02 Å². The van der Waals surface area contributed by atoms with Crippen LogP contribution in [0.15, 0.2) is 29.6 Å². The highest BCUT2D eigenvalue weighted by molar-refractivity contribution is 7.10. The second-order valence-electron chi connectivity index (χ2n) is 5.59. The highest BCUT2D eigenvalue weighted by atomic mass is 35.5. The third kappa shape index (κ3) is 3.52. The molecule has 0 fully saturated rings. The van der Waals surface area contributed by atoms with Crippen LogP contribution >= 0.6 is 22.9 Å². The molecule has 1 amide bonds. The monoisotopic (exact) mass is 350 g/mol. The highest BCUT2D eigenvalue weighted by Crippen LogP contribution is 2.33. The highest BCUT2D eigenvalue weighted by Gasteiger charge is 2.26. The van der Waals surface area contributed by atoms with E-state index in [0.717, 1.165) is 13.0 Å². The van der Waals surface area contributed by atoms with Gasteiger partial charge in [-0.25, -0.2) is 0 Å². The Balaban J connectivity index is 1.68. The van der Waals surface area contributed by atoms with E-state index in [4.69, 9.17) is 16.3 Å². The van der Waals surface area contributed by atoms with Gasteiger partial charge < -0.3 is 10.1 Å². The molecule has 1 aromatic carbocycles. The van der Waals surface area contributed by atoms with Crippen LogP contribution in [-0.2, 0) is 11.2 Å². The molecule has 2 heterocycles. The Bertz CT molecular complexity index is 716. The predicted molar refractivity (Wildman–Crippen MR) is 94.6 cm³/mol. The van der Waals surface area contributed by atoms with E-state index < -0.39 is 0 Å². The van der Waals surface area contributed by atoms with E-state index in [1.807, 2.05) is 0 Å². The average Bonchev–Trinajstić information content (AvgIpc) is 3.00. The van der Waals surface area contributed by atoms with Gasteiger partial charge in [-0.3, -0.25) is 9.69 Å². The summed E-state index contributed by atoms with van der Waals surface area (Å²) in [5, 5.41) is 5.59. The van der Waals surface area contributed by atoms with Gasteiger partial charge >= 0.3 is 0 Å². The van der Waals surface area contributed by atoms with Gasteiger partial charge in [-0.05, 0) is 48.6 Å². The van der Waals surface area contributed by atoms with Crippen LogP contribution in [0.3, 0.4) is 0 Å². The van der Waals surface area contributed by atoms with Crippen molar-refractivity contribution in [2.75, 3.05) is 25.5 Å². The maximum Gasteiger partial charge on any atom is 0.238 e. The summed E-state index contributed by atoms with van der Waals surface area (Å²) in [6.07, 6.45) is 1.01. The zero-order valence-corrected chi connectivity index (χ0v) is 14.7. The predicted octanol–water partition coefficient (Wildman–Crippen LogP) is 3.97. The van der Waals surface area contributed by atoms with Crippen LogP contribution in [0.4, 0.5) is 5.69 Å². The molecular formula is C17H19ClN2O2S. The Morgan fingerprint density at radius 2 is 2.30 bits per heavy atom. The smallest absolute Gasteiger partial charge is 0.238 e. The molecule has 1 aliphatic rings. The number of carbonyl (C=O) groups is 1. The van der Waals surface area contributed by atoms with Crippen LogP contribution in [0.5, 0.6) is 5.75 Å². The molecule has 0 aliphatic carbocycles. The number of fused-ring (bicyclic) bond motifs is 1. The number of benzene rings is 1. The lowest BCUT2D eigenvalue weighted by Gasteiger charge is -2.32. The molecule has 1 aliphatic heterocycles. The van der Waals surface area contributed by atoms with E-state index in [0.29, 0.717) is 23.0 Å². The number of thiophene rings is 1. The second kappa shape index (κ2) is 6.91. The van der Waals surface area contributed by atoms with Crippen LogP contribution in [0.1, 0.15) is 23.4 Å². The number of rotatable bonds is 4. The standard InChI is InChI=1S/C17H19ClN2O2S/c1-11-13-6-8-23-16(13)5-7-20(11)10-17(21)19-14-9-12(18)3-4-15(14)22-2/h3-4,6,8-9,11H,5,7,10H2,1-2H3,(H,19,21)/t11-/m1/s1. The molecule has 1 N–H and O–H groups in total. The molecule has 0 saturated carbocycles. The van der Waals surface area contributed by atoms with Crippen molar-refractivity contribution in [3.05, 3.63) is 45.1 Å². The van der Waals surface area contributed by atoms with Gasteiger partial charge in [0, 0.05) is 22.5 Å². The van der Waals surface area contributed by atoms with Gasteiger partial charge in [-0.1, -0.05) is 11.6 Å². The zero-order valence-electron chi connectivity index (χ0n) is 13.1. The molecular weight excluding hydrogens is 332 g/mol. The van der Waals surface area contributed by atoms with Crippen LogP contribution < -0.4 is 10.1 Å². The largest absolute Gasteiger partial charge is 0.495 e. The number of hydrogen-bond acceptors (Lipinski definition) is 4. The summed E-state index contributed by atoms with van der Waals surface area (Å²) in [5.74, 6) is 0.547. The summed E-state index contributed by atoms with van der Waals surface area (Å²) in [7, 11) is 1.57. The van der Waals surface area contributed by atoms with Crippen molar-refractivity contribution in [3.8, 4) is 5.75 Å². The van der Waals surface area contributed by atoms with E-state index in [9.17, 15) is 4.79 Å². The second-order valence-corrected chi connectivity index (χ2v) is 7.03. The minimum atomic E-state index is -0.0592. The molecule has 4 nitrogen and oxygen atoms in total. The maximum atomic E-state index is 12.4. The first-order chi connectivity index (χ1) is 11.1. The Morgan fingerprint density at radius 3 is 3.09 bits per heavy atom. The molecule has 23 heavy (non-hydrogen) atoms. The SMILES string of the molecule is COc1ccc(Cl)cc1NC(=O)CN1CCc2sccc2[C@H]1C. The van der Waals surface area contributed by atoms with Crippen molar-refractivity contribution in [1.29, 1.82) is 0 Å². The molecule has 122 valence electrons. The van der Waals surface area contributed by atoms with Gasteiger partial charge in [0.15, 0.2) is 0 Å². The first-order valence-electron chi connectivity index (χ1n) is 7.52. The Morgan fingerprint density at radius 1 is 1.48 bits per heavy atom. The minimum absolute atomic E-state index is 0.0592. The van der Waals surface area contributed by atoms with Crippen LogP contribution in [0, 0.1) is 0 Å². The normalized spacial score (nSPS) is 17.6. The summed E-state index contributed by atoms with van der Waals surface area (Å²) in [5.41, 5.74) is 1.94. The van der Waals surface area contributed by atoms with Crippen molar-refractivity contribution >= 4 is 34.5 Å². The van der Waals surface area contributed by atoms with Gasteiger partial charge in [0.25, 0.3) is 0 Å². The van der Waals surface area contributed by atoms with E-state index in [2.05, 4.69) is 28.6 Å². The molecule has 3 rings (SSSR count). The summed E-state index contributed by atoms with van der Waals surface area (Å²) < 4.78 is 5.26. The number of anilines is 1. The topological polar surface area (TPSA) is 41.6 Å². The number of ether oxygens (including phenoxy) is 1. The van der Waals surface area contributed by atoms with E-state index in [1.54, 1.807) is 36.6 Å².